The Kier molecular flexibility index (Phi) is 6.84. The predicted molar refractivity (Wildman–Crippen MR) is 153 cm³/mol. The quantitative estimate of drug-likeness (QED) is 0.300. The SMILES string of the molecule is O=C1C[C@@H](c2cccc(F)c2)[C@]2(C(=O)Nc3cc(Cl)ccc32)[C@@H](c2cc(I)ccc2OC2CCCCC2)N1. The number of hydrogen-bond donors (Lipinski definition) is 2. The van der Waals surface area contributed by atoms with Crippen LogP contribution in [-0.2, 0) is 15.0 Å². The summed E-state index contributed by atoms with van der Waals surface area (Å²) in [4.78, 5) is 27.5. The van der Waals surface area contributed by atoms with E-state index in [1.807, 2.05) is 24.3 Å². The molecule has 6 rings (SSSR count). The number of benzene rings is 3. The third kappa shape index (κ3) is 4.37. The van der Waals surface area contributed by atoms with Crippen molar-refractivity contribution in [1.29, 1.82) is 0 Å². The lowest BCUT2D eigenvalue weighted by Crippen LogP contribution is -2.57. The average molecular weight is 645 g/mol. The first-order valence-electron chi connectivity index (χ1n) is 13.0. The number of anilines is 1. The van der Waals surface area contributed by atoms with Gasteiger partial charge >= 0.3 is 0 Å². The Balaban J connectivity index is 1.57. The maximum atomic E-state index is 14.5. The molecule has 3 atom stereocenters. The maximum absolute atomic E-state index is 14.5. The molecule has 2 amide bonds. The summed E-state index contributed by atoms with van der Waals surface area (Å²) in [5.74, 6) is -0.813. The minimum absolute atomic E-state index is 0.0399. The highest BCUT2D eigenvalue weighted by Gasteiger charge is 2.61. The van der Waals surface area contributed by atoms with Crippen LogP contribution in [0.15, 0.2) is 60.7 Å². The minimum Gasteiger partial charge on any atom is -0.490 e. The lowest BCUT2D eigenvalue weighted by molar-refractivity contribution is -0.131. The second-order valence-electron chi connectivity index (χ2n) is 10.4. The smallest absolute Gasteiger partial charge is 0.238 e. The Morgan fingerprint density at radius 1 is 1.00 bits per heavy atom. The van der Waals surface area contributed by atoms with E-state index >= 15 is 0 Å². The predicted octanol–water partition coefficient (Wildman–Crippen LogP) is 7.03. The zero-order chi connectivity index (χ0) is 26.4. The first-order chi connectivity index (χ1) is 18.4. The number of halogens is 3. The number of piperidine rings is 1. The van der Waals surface area contributed by atoms with Gasteiger partial charge in [0.25, 0.3) is 0 Å². The molecule has 0 aromatic heterocycles. The van der Waals surface area contributed by atoms with Gasteiger partial charge < -0.3 is 15.4 Å². The number of carbonyl (C=O) groups is 2. The van der Waals surface area contributed by atoms with E-state index in [4.69, 9.17) is 16.3 Å². The fourth-order valence-electron chi connectivity index (χ4n) is 6.48. The molecule has 1 spiro atoms. The summed E-state index contributed by atoms with van der Waals surface area (Å²) in [5.41, 5.74) is 1.44. The number of hydrogen-bond acceptors (Lipinski definition) is 3. The van der Waals surface area contributed by atoms with E-state index in [0.29, 0.717) is 22.0 Å². The molecule has 3 aliphatic rings. The van der Waals surface area contributed by atoms with Crippen LogP contribution in [0.4, 0.5) is 10.1 Å². The Morgan fingerprint density at radius 2 is 1.82 bits per heavy atom. The number of nitrogens with one attached hydrogen (secondary N) is 2. The zero-order valence-corrected chi connectivity index (χ0v) is 23.5. The fourth-order valence-corrected chi connectivity index (χ4v) is 7.17. The third-order valence-electron chi connectivity index (χ3n) is 8.13. The molecule has 2 heterocycles. The molecule has 1 saturated heterocycles. The van der Waals surface area contributed by atoms with Crippen LogP contribution in [0, 0.1) is 9.39 Å². The van der Waals surface area contributed by atoms with Crippen molar-refractivity contribution in [1.82, 2.24) is 5.32 Å². The number of ether oxygens (including phenoxy) is 1. The van der Waals surface area contributed by atoms with Crippen LogP contribution in [-0.4, -0.2) is 17.9 Å². The van der Waals surface area contributed by atoms with Crippen LogP contribution < -0.4 is 15.4 Å². The Morgan fingerprint density at radius 3 is 2.61 bits per heavy atom. The second-order valence-corrected chi connectivity index (χ2v) is 12.1. The van der Waals surface area contributed by atoms with Crippen molar-refractivity contribution in [3.8, 4) is 5.75 Å². The summed E-state index contributed by atoms with van der Waals surface area (Å²) < 4.78 is 22.0. The molecule has 5 nitrogen and oxygen atoms in total. The summed E-state index contributed by atoms with van der Waals surface area (Å²) >= 11 is 8.55. The van der Waals surface area contributed by atoms with Crippen molar-refractivity contribution in [2.45, 2.75) is 62.0 Å². The van der Waals surface area contributed by atoms with Crippen molar-refractivity contribution in [2.24, 2.45) is 0 Å². The first-order valence-corrected chi connectivity index (χ1v) is 14.4. The zero-order valence-electron chi connectivity index (χ0n) is 20.6. The minimum atomic E-state index is -1.24. The summed E-state index contributed by atoms with van der Waals surface area (Å²) in [6, 6.07) is 16.7. The van der Waals surface area contributed by atoms with Gasteiger partial charge in [-0.25, -0.2) is 4.39 Å². The Hall–Kier alpha value is -2.65. The average Bonchev–Trinajstić information content (AvgIpc) is 3.18. The number of carbonyl (C=O) groups excluding carboxylic acids is 2. The van der Waals surface area contributed by atoms with E-state index in [0.717, 1.165) is 40.4 Å². The number of amides is 2. The summed E-state index contributed by atoms with van der Waals surface area (Å²) in [5, 5.41) is 6.69. The molecule has 196 valence electrons. The molecular formula is C30H27ClFIN2O3. The van der Waals surface area contributed by atoms with E-state index in [1.165, 1.54) is 18.6 Å². The van der Waals surface area contributed by atoms with E-state index in [9.17, 15) is 14.0 Å². The topological polar surface area (TPSA) is 67.4 Å². The highest BCUT2D eigenvalue weighted by Crippen LogP contribution is 2.58. The van der Waals surface area contributed by atoms with Crippen LogP contribution in [0.3, 0.4) is 0 Å². The van der Waals surface area contributed by atoms with Gasteiger partial charge in [-0.1, -0.05) is 36.2 Å². The van der Waals surface area contributed by atoms with Crippen LogP contribution in [0.2, 0.25) is 5.02 Å². The van der Waals surface area contributed by atoms with Crippen LogP contribution in [0.1, 0.15) is 67.2 Å². The molecule has 0 unspecified atom stereocenters. The summed E-state index contributed by atoms with van der Waals surface area (Å²) in [6.45, 7) is 0. The van der Waals surface area contributed by atoms with Gasteiger partial charge in [-0.15, -0.1) is 0 Å². The normalized spacial score (nSPS) is 25.1. The van der Waals surface area contributed by atoms with Crippen molar-refractivity contribution < 1.29 is 18.7 Å². The number of rotatable bonds is 4. The number of fused-ring (bicyclic) bond motifs is 2. The molecule has 3 aromatic rings. The van der Waals surface area contributed by atoms with E-state index in [-0.39, 0.29) is 24.3 Å². The molecule has 0 radical (unpaired) electrons. The molecular weight excluding hydrogens is 618 g/mol. The molecule has 38 heavy (non-hydrogen) atoms. The molecule has 2 N–H and O–H groups in total. The standard InChI is InChI=1S/C30H27ClFIN2O3/c31-18-9-11-23-25(14-18)34-29(37)30(23)24(17-5-4-6-19(32)13-17)16-27(36)35-28(30)22-15-20(33)10-12-26(22)38-21-7-2-1-3-8-21/h4-6,9-15,21,24,28H,1-3,7-8,16H2,(H,34,37)(H,35,36)/t24-,28+,30-/m0/s1. The van der Waals surface area contributed by atoms with Gasteiger partial charge in [0, 0.05) is 32.2 Å². The molecule has 2 aliphatic heterocycles. The second kappa shape index (κ2) is 10.2. The first kappa shape index (κ1) is 25.6. The van der Waals surface area contributed by atoms with Gasteiger partial charge in [-0.05, 0) is 102 Å². The Bertz CT molecular complexity index is 1430. The Labute approximate surface area is 239 Å². The van der Waals surface area contributed by atoms with E-state index in [1.54, 1.807) is 24.3 Å². The fraction of sp³-hybridized carbons (Fsp3) is 0.333. The van der Waals surface area contributed by atoms with Gasteiger partial charge in [-0.3, -0.25) is 9.59 Å². The molecule has 2 fully saturated rings. The lowest BCUT2D eigenvalue weighted by Gasteiger charge is -2.46. The van der Waals surface area contributed by atoms with Gasteiger partial charge in [0.2, 0.25) is 11.8 Å². The van der Waals surface area contributed by atoms with Gasteiger partial charge in [0.05, 0.1) is 12.1 Å². The molecule has 1 saturated carbocycles. The maximum Gasteiger partial charge on any atom is 0.238 e. The van der Waals surface area contributed by atoms with Crippen molar-refractivity contribution in [3.05, 3.63) is 91.8 Å². The summed E-state index contributed by atoms with van der Waals surface area (Å²) in [7, 11) is 0. The lowest BCUT2D eigenvalue weighted by atomic mass is 9.59. The highest BCUT2D eigenvalue weighted by atomic mass is 127. The largest absolute Gasteiger partial charge is 0.490 e. The monoisotopic (exact) mass is 644 g/mol. The molecule has 1 aliphatic carbocycles. The molecule has 8 heteroatoms. The van der Waals surface area contributed by atoms with Crippen molar-refractivity contribution >= 4 is 51.7 Å². The van der Waals surface area contributed by atoms with Crippen molar-refractivity contribution in [3.63, 3.8) is 0 Å². The highest BCUT2D eigenvalue weighted by molar-refractivity contribution is 14.1. The summed E-state index contributed by atoms with van der Waals surface area (Å²) in [6.07, 6.45) is 5.51. The van der Waals surface area contributed by atoms with Crippen LogP contribution >= 0.6 is 34.2 Å². The third-order valence-corrected chi connectivity index (χ3v) is 9.04. The van der Waals surface area contributed by atoms with Gasteiger partial charge in [0.1, 0.15) is 17.0 Å². The van der Waals surface area contributed by atoms with Gasteiger partial charge in [0.15, 0.2) is 0 Å². The van der Waals surface area contributed by atoms with Gasteiger partial charge in [-0.2, -0.15) is 0 Å². The molecule has 3 aromatic carbocycles. The van der Waals surface area contributed by atoms with E-state index in [2.05, 4.69) is 33.2 Å². The van der Waals surface area contributed by atoms with Crippen molar-refractivity contribution in [2.75, 3.05) is 5.32 Å². The van der Waals surface area contributed by atoms with E-state index < -0.39 is 23.2 Å². The molecule has 0 bridgehead atoms. The van der Waals surface area contributed by atoms with Crippen LogP contribution in [0.25, 0.3) is 0 Å². The van der Waals surface area contributed by atoms with Crippen LogP contribution in [0.5, 0.6) is 5.75 Å².